The van der Waals surface area contributed by atoms with Gasteiger partial charge in [0.25, 0.3) is 0 Å². The van der Waals surface area contributed by atoms with E-state index in [0.29, 0.717) is 0 Å². The number of hydrogen-bond donors (Lipinski definition) is 0. The van der Waals surface area contributed by atoms with E-state index in [1.54, 1.807) is 0 Å². The Bertz CT molecular complexity index is 196. The number of quaternary nitrogens is 1. The van der Waals surface area contributed by atoms with Gasteiger partial charge in [0.2, 0.25) is 0 Å². The molecule has 19 heavy (non-hydrogen) atoms. The SMILES string of the molecule is C=C[N+](C)(C)CCCCCCCCCCCCCC. The minimum Gasteiger partial charge on any atom is -0.303 e. The van der Waals surface area contributed by atoms with Crippen LogP contribution >= 0.6 is 0 Å². The molecule has 0 aliphatic carbocycles. The number of rotatable bonds is 14. The quantitative estimate of drug-likeness (QED) is 0.271. The smallest absolute Gasteiger partial charge is 0.0881 e. The first-order valence-corrected chi connectivity index (χ1v) is 8.58. The van der Waals surface area contributed by atoms with Crippen molar-refractivity contribution in [2.45, 2.75) is 84.0 Å². The van der Waals surface area contributed by atoms with Crippen LogP contribution in [0.2, 0.25) is 0 Å². The van der Waals surface area contributed by atoms with Gasteiger partial charge in [0.15, 0.2) is 0 Å². The maximum Gasteiger partial charge on any atom is 0.0881 e. The van der Waals surface area contributed by atoms with Crippen LogP contribution in [0.1, 0.15) is 84.0 Å². The van der Waals surface area contributed by atoms with Crippen molar-refractivity contribution in [3.05, 3.63) is 12.8 Å². The van der Waals surface area contributed by atoms with E-state index in [4.69, 9.17) is 0 Å². The van der Waals surface area contributed by atoms with Crippen LogP contribution in [-0.4, -0.2) is 25.1 Å². The highest BCUT2D eigenvalue weighted by Gasteiger charge is 2.08. The number of hydrogen-bond acceptors (Lipinski definition) is 0. The third-order valence-electron chi connectivity index (χ3n) is 4.08. The standard InChI is InChI=1S/C18H38N/c1-5-7-8-9-10-11-12-13-14-15-16-17-18-19(3,4)6-2/h6H,2,5,7-18H2,1,3-4H3/q+1. The number of nitrogens with zero attached hydrogens (tertiary/aromatic N) is 1. The lowest BCUT2D eigenvalue weighted by Crippen LogP contribution is -2.33. The Hall–Kier alpha value is -0.300. The molecule has 1 heteroatoms. The van der Waals surface area contributed by atoms with Crippen LogP contribution in [0, 0.1) is 0 Å². The van der Waals surface area contributed by atoms with Crippen LogP contribution in [0.4, 0.5) is 0 Å². The van der Waals surface area contributed by atoms with E-state index in [2.05, 4.69) is 27.6 Å². The van der Waals surface area contributed by atoms with Crippen molar-refractivity contribution in [3.8, 4) is 0 Å². The molecular formula is C18H38N+. The molecule has 0 aliphatic rings. The second-order valence-electron chi connectivity index (χ2n) is 6.57. The number of unbranched alkanes of at least 4 members (excludes halogenated alkanes) is 11. The maximum atomic E-state index is 3.88. The first kappa shape index (κ1) is 18.7. The van der Waals surface area contributed by atoms with Gasteiger partial charge in [0.1, 0.15) is 0 Å². The van der Waals surface area contributed by atoms with Gasteiger partial charge in [-0.2, -0.15) is 0 Å². The molecule has 114 valence electrons. The van der Waals surface area contributed by atoms with Crippen LogP contribution in [0.5, 0.6) is 0 Å². The topological polar surface area (TPSA) is 0 Å². The summed E-state index contributed by atoms with van der Waals surface area (Å²) in [6, 6.07) is 0. The second kappa shape index (κ2) is 12.7. The summed E-state index contributed by atoms with van der Waals surface area (Å²) < 4.78 is 0.956. The lowest BCUT2D eigenvalue weighted by atomic mass is 10.1. The molecule has 0 aromatic rings. The average Bonchev–Trinajstić information content (AvgIpc) is 2.40. The highest BCUT2D eigenvalue weighted by Crippen LogP contribution is 2.12. The first-order chi connectivity index (χ1) is 9.12. The predicted octanol–water partition coefficient (Wildman–Crippen LogP) is 5.91. The van der Waals surface area contributed by atoms with E-state index in [-0.39, 0.29) is 0 Å². The molecule has 0 aromatic carbocycles. The molecule has 0 fully saturated rings. The van der Waals surface area contributed by atoms with Crippen molar-refractivity contribution in [1.29, 1.82) is 0 Å². The lowest BCUT2D eigenvalue weighted by molar-refractivity contribution is -0.838. The van der Waals surface area contributed by atoms with Crippen molar-refractivity contribution < 1.29 is 4.48 Å². The fourth-order valence-electron chi connectivity index (χ4n) is 2.45. The molecule has 0 amide bonds. The summed E-state index contributed by atoms with van der Waals surface area (Å²) in [5.41, 5.74) is 0. The maximum absolute atomic E-state index is 3.88. The molecule has 0 heterocycles. The molecule has 0 spiro atoms. The van der Waals surface area contributed by atoms with Crippen LogP contribution in [0.25, 0.3) is 0 Å². The molecule has 0 saturated heterocycles. The van der Waals surface area contributed by atoms with Crippen LogP contribution in [-0.2, 0) is 0 Å². The van der Waals surface area contributed by atoms with Crippen LogP contribution < -0.4 is 0 Å². The largest absolute Gasteiger partial charge is 0.303 e. The molecule has 0 saturated carbocycles. The summed E-state index contributed by atoms with van der Waals surface area (Å²) in [5, 5.41) is 0. The van der Waals surface area contributed by atoms with Gasteiger partial charge >= 0.3 is 0 Å². The fourth-order valence-corrected chi connectivity index (χ4v) is 2.45. The van der Waals surface area contributed by atoms with Gasteiger partial charge < -0.3 is 4.48 Å². The van der Waals surface area contributed by atoms with Crippen molar-refractivity contribution in [1.82, 2.24) is 0 Å². The summed E-state index contributed by atoms with van der Waals surface area (Å²) in [7, 11) is 4.46. The van der Waals surface area contributed by atoms with E-state index in [1.807, 2.05) is 6.20 Å². The highest BCUT2D eigenvalue weighted by molar-refractivity contribution is 4.53. The minimum absolute atomic E-state index is 0.956. The zero-order valence-electron chi connectivity index (χ0n) is 13.9. The van der Waals surface area contributed by atoms with Gasteiger partial charge in [-0.15, -0.1) is 0 Å². The third kappa shape index (κ3) is 13.9. The highest BCUT2D eigenvalue weighted by atomic mass is 15.3. The lowest BCUT2D eigenvalue weighted by Gasteiger charge is -2.24. The summed E-state index contributed by atoms with van der Waals surface area (Å²) in [6.07, 6.45) is 19.2. The van der Waals surface area contributed by atoms with Crippen molar-refractivity contribution >= 4 is 0 Å². The normalized spacial score (nSPS) is 11.7. The molecule has 0 aliphatic heterocycles. The van der Waals surface area contributed by atoms with Crippen LogP contribution in [0.15, 0.2) is 12.8 Å². The van der Waals surface area contributed by atoms with E-state index >= 15 is 0 Å². The molecule has 0 radical (unpaired) electrons. The van der Waals surface area contributed by atoms with Crippen molar-refractivity contribution in [2.75, 3.05) is 20.6 Å². The Morgan fingerprint density at radius 2 is 1.05 bits per heavy atom. The van der Waals surface area contributed by atoms with E-state index in [1.165, 1.54) is 83.6 Å². The van der Waals surface area contributed by atoms with E-state index in [0.717, 1.165) is 4.48 Å². The van der Waals surface area contributed by atoms with Gasteiger partial charge in [-0.05, 0) is 19.4 Å². The van der Waals surface area contributed by atoms with Crippen molar-refractivity contribution in [3.63, 3.8) is 0 Å². The zero-order chi connectivity index (χ0) is 14.4. The van der Waals surface area contributed by atoms with Gasteiger partial charge in [0.05, 0.1) is 26.8 Å². The molecule has 0 rings (SSSR count). The molecule has 0 aromatic heterocycles. The average molecular weight is 269 g/mol. The molecular weight excluding hydrogens is 230 g/mol. The second-order valence-corrected chi connectivity index (χ2v) is 6.57. The fraction of sp³-hybridized carbons (Fsp3) is 0.889. The van der Waals surface area contributed by atoms with Crippen LogP contribution in [0.3, 0.4) is 0 Å². The monoisotopic (exact) mass is 268 g/mol. The minimum atomic E-state index is 0.956. The predicted molar refractivity (Wildman–Crippen MR) is 88.3 cm³/mol. The van der Waals surface area contributed by atoms with Gasteiger partial charge in [-0.3, -0.25) is 0 Å². The molecule has 0 bridgehead atoms. The molecule has 0 atom stereocenters. The van der Waals surface area contributed by atoms with Gasteiger partial charge in [0, 0.05) is 0 Å². The summed E-state index contributed by atoms with van der Waals surface area (Å²) in [6.45, 7) is 7.40. The third-order valence-corrected chi connectivity index (χ3v) is 4.08. The Morgan fingerprint density at radius 1 is 0.684 bits per heavy atom. The molecule has 1 nitrogen and oxygen atoms in total. The molecule has 0 N–H and O–H groups in total. The summed E-state index contributed by atoms with van der Waals surface area (Å²) in [4.78, 5) is 0. The van der Waals surface area contributed by atoms with Crippen molar-refractivity contribution in [2.24, 2.45) is 0 Å². The Labute approximate surface area is 122 Å². The van der Waals surface area contributed by atoms with Gasteiger partial charge in [-0.1, -0.05) is 71.1 Å². The Balaban J connectivity index is 3.09. The van der Waals surface area contributed by atoms with E-state index < -0.39 is 0 Å². The zero-order valence-corrected chi connectivity index (χ0v) is 13.9. The summed E-state index contributed by atoms with van der Waals surface area (Å²) in [5.74, 6) is 0. The first-order valence-electron chi connectivity index (χ1n) is 8.58. The summed E-state index contributed by atoms with van der Waals surface area (Å²) >= 11 is 0. The molecule has 0 unspecified atom stereocenters. The Kier molecular flexibility index (Phi) is 12.5. The van der Waals surface area contributed by atoms with E-state index in [9.17, 15) is 0 Å². The Morgan fingerprint density at radius 3 is 1.42 bits per heavy atom. The van der Waals surface area contributed by atoms with Gasteiger partial charge in [-0.25, -0.2) is 0 Å².